The maximum Gasteiger partial charge on any atom is 0.254 e. The summed E-state index contributed by atoms with van der Waals surface area (Å²) in [6, 6.07) is 6.06. The van der Waals surface area contributed by atoms with E-state index in [0.29, 0.717) is 19.7 Å². The first kappa shape index (κ1) is 16.0. The molecule has 1 atom stereocenters. The van der Waals surface area contributed by atoms with Crippen molar-refractivity contribution in [1.82, 2.24) is 9.80 Å². The largest absolute Gasteiger partial charge is 0.374 e. The Balaban J connectivity index is 2.03. The molecule has 0 aliphatic carbocycles. The van der Waals surface area contributed by atoms with E-state index in [-0.39, 0.29) is 12.0 Å². The van der Waals surface area contributed by atoms with E-state index in [1.54, 1.807) is 0 Å². The van der Waals surface area contributed by atoms with Crippen molar-refractivity contribution >= 4 is 5.91 Å². The van der Waals surface area contributed by atoms with Crippen molar-refractivity contribution in [2.45, 2.75) is 26.4 Å². The molecule has 0 radical (unpaired) electrons. The normalized spacial score (nSPS) is 19.1. The van der Waals surface area contributed by atoms with Crippen LogP contribution in [0.3, 0.4) is 0 Å². The zero-order valence-electron chi connectivity index (χ0n) is 13.6. The van der Waals surface area contributed by atoms with Crippen LogP contribution in [0.4, 0.5) is 0 Å². The summed E-state index contributed by atoms with van der Waals surface area (Å²) >= 11 is 0. The van der Waals surface area contributed by atoms with Crippen molar-refractivity contribution in [3.8, 4) is 0 Å². The summed E-state index contributed by atoms with van der Waals surface area (Å²) in [6.45, 7) is 7.02. The predicted molar refractivity (Wildman–Crippen MR) is 84.7 cm³/mol. The van der Waals surface area contributed by atoms with Gasteiger partial charge in [-0.05, 0) is 46.0 Å². The first-order chi connectivity index (χ1) is 9.97. The van der Waals surface area contributed by atoms with E-state index < -0.39 is 0 Å². The number of amides is 1. The van der Waals surface area contributed by atoms with Crippen molar-refractivity contribution in [1.29, 1.82) is 0 Å². The quantitative estimate of drug-likeness (QED) is 0.851. The Morgan fingerprint density at radius 3 is 2.86 bits per heavy atom. The molecule has 1 aliphatic rings. The van der Waals surface area contributed by atoms with Gasteiger partial charge in [0.15, 0.2) is 0 Å². The topological polar surface area (TPSA) is 32.8 Å². The average molecular weight is 290 g/mol. The highest BCUT2D eigenvalue weighted by atomic mass is 16.5. The average Bonchev–Trinajstić information content (AvgIpc) is 2.47. The number of hydrogen-bond donors (Lipinski definition) is 0. The number of rotatable bonds is 4. The fourth-order valence-electron chi connectivity index (χ4n) is 2.62. The second kappa shape index (κ2) is 7.05. The number of nitrogens with zero attached hydrogens (tertiary/aromatic N) is 2. The molecule has 4 nitrogen and oxygen atoms in total. The molecule has 1 aromatic rings. The molecule has 2 rings (SSSR count). The molecule has 1 aromatic carbocycles. The first-order valence-electron chi connectivity index (χ1n) is 7.60. The molecule has 0 N–H and O–H groups in total. The van der Waals surface area contributed by atoms with Gasteiger partial charge in [-0.2, -0.15) is 0 Å². The Morgan fingerprint density at radius 2 is 2.14 bits per heavy atom. The fourth-order valence-corrected chi connectivity index (χ4v) is 2.62. The van der Waals surface area contributed by atoms with Crippen LogP contribution in [0.25, 0.3) is 0 Å². The van der Waals surface area contributed by atoms with E-state index >= 15 is 0 Å². The van der Waals surface area contributed by atoms with Gasteiger partial charge in [-0.15, -0.1) is 0 Å². The summed E-state index contributed by atoms with van der Waals surface area (Å²) < 4.78 is 5.78. The van der Waals surface area contributed by atoms with Crippen LogP contribution in [0.15, 0.2) is 18.2 Å². The van der Waals surface area contributed by atoms with Gasteiger partial charge in [-0.1, -0.05) is 17.7 Å². The molecule has 1 amide bonds. The lowest BCUT2D eigenvalue weighted by molar-refractivity contribution is -0.0270. The molecule has 0 bridgehead atoms. The van der Waals surface area contributed by atoms with Gasteiger partial charge in [-0.3, -0.25) is 4.79 Å². The van der Waals surface area contributed by atoms with Gasteiger partial charge in [0.2, 0.25) is 0 Å². The molecule has 21 heavy (non-hydrogen) atoms. The SMILES string of the molecule is Cc1ccc(C)c(C(=O)N2CCO[C@H](CCN(C)C)C2)c1. The number of benzene rings is 1. The van der Waals surface area contributed by atoms with Crippen molar-refractivity contribution in [3.63, 3.8) is 0 Å². The Morgan fingerprint density at radius 1 is 1.38 bits per heavy atom. The zero-order valence-corrected chi connectivity index (χ0v) is 13.6. The Labute approximate surface area is 127 Å². The smallest absolute Gasteiger partial charge is 0.254 e. The minimum Gasteiger partial charge on any atom is -0.374 e. The van der Waals surface area contributed by atoms with Crippen molar-refractivity contribution < 1.29 is 9.53 Å². The number of carbonyl (C=O) groups is 1. The lowest BCUT2D eigenvalue weighted by Gasteiger charge is -2.34. The maximum absolute atomic E-state index is 12.7. The van der Waals surface area contributed by atoms with Crippen LogP contribution < -0.4 is 0 Å². The lowest BCUT2D eigenvalue weighted by Crippen LogP contribution is -2.46. The van der Waals surface area contributed by atoms with Crippen molar-refractivity contribution in [2.75, 3.05) is 40.3 Å². The van der Waals surface area contributed by atoms with Crippen molar-refractivity contribution in [3.05, 3.63) is 34.9 Å². The molecule has 0 aromatic heterocycles. The van der Waals surface area contributed by atoms with Crippen LogP contribution in [0.1, 0.15) is 27.9 Å². The third kappa shape index (κ3) is 4.29. The molecule has 116 valence electrons. The second-order valence-electron chi connectivity index (χ2n) is 6.15. The third-order valence-electron chi connectivity index (χ3n) is 3.95. The van der Waals surface area contributed by atoms with Gasteiger partial charge in [0.25, 0.3) is 5.91 Å². The number of hydrogen-bond acceptors (Lipinski definition) is 3. The standard InChI is InChI=1S/C17H26N2O2/c1-13-5-6-14(2)16(11-13)17(20)19-9-10-21-15(12-19)7-8-18(3)4/h5-6,11,15H,7-10,12H2,1-4H3/t15-/m1/s1. The van der Waals surface area contributed by atoms with Crippen LogP contribution in [0.5, 0.6) is 0 Å². The van der Waals surface area contributed by atoms with E-state index in [0.717, 1.165) is 29.7 Å². The van der Waals surface area contributed by atoms with Crippen LogP contribution in [-0.4, -0.2) is 62.1 Å². The lowest BCUT2D eigenvalue weighted by atomic mass is 10.0. The van der Waals surface area contributed by atoms with Crippen LogP contribution in [-0.2, 0) is 4.74 Å². The monoisotopic (exact) mass is 290 g/mol. The Hall–Kier alpha value is -1.39. The molecule has 0 saturated carbocycles. The summed E-state index contributed by atoms with van der Waals surface area (Å²) in [7, 11) is 4.11. The first-order valence-corrected chi connectivity index (χ1v) is 7.60. The van der Waals surface area contributed by atoms with Gasteiger partial charge in [0, 0.05) is 25.2 Å². The zero-order chi connectivity index (χ0) is 15.4. The van der Waals surface area contributed by atoms with Crippen LogP contribution in [0.2, 0.25) is 0 Å². The summed E-state index contributed by atoms with van der Waals surface area (Å²) in [4.78, 5) is 16.8. The molecular weight excluding hydrogens is 264 g/mol. The molecule has 1 saturated heterocycles. The van der Waals surface area contributed by atoms with Gasteiger partial charge < -0.3 is 14.5 Å². The highest BCUT2D eigenvalue weighted by molar-refractivity contribution is 5.95. The number of carbonyl (C=O) groups excluding carboxylic acids is 1. The summed E-state index contributed by atoms with van der Waals surface area (Å²) in [6.07, 6.45) is 1.11. The fraction of sp³-hybridized carbons (Fsp3) is 0.588. The summed E-state index contributed by atoms with van der Waals surface area (Å²) in [5.41, 5.74) is 2.99. The van der Waals surface area contributed by atoms with E-state index in [1.807, 2.05) is 36.9 Å². The molecule has 0 unspecified atom stereocenters. The predicted octanol–water partition coefficient (Wildman–Crippen LogP) is 2.10. The van der Waals surface area contributed by atoms with Crippen LogP contribution >= 0.6 is 0 Å². The van der Waals surface area contributed by atoms with Gasteiger partial charge in [0.05, 0.1) is 12.7 Å². The molecular formula is C17H26N2O2. The third-order valence-corrected chi connectivity index (χ3v) is 3.95. The van der Waals surface area contributed by atoms with Crippen LogP contribution in [0, 0.1) is 13.8 Å². The number of ether oxygens (including phenoxy) is 1. The molecule has 1 heterocycles. The summed E-state index contributed by atoms with van der Waals surface area (Å²) in [5, 5.41) is 0. The molecule has 1 aliphatic heterocycles. The molecule has 1 fully saturated rings. The Bertz CT molecular complexity index is 500. The minimum absolute atomic E-state index is 0.134. The van der Waals surface area contributed by atoms with E-state index in [9.17, 15) is 4.79 Å². The highest BCUT2D eigenvalue weighted by Crippen LogP contribution is 2.17. The van der Waals surface area contributed by atoms with E-state index in [2.05, 4.69) is 19.0 Å². The minimum atomic E-state index is 0.134. The van der Waals surface area contributed by atoms with Gasteiger partial charge in [-0.25, -0.2) is 0 Å². The number of aryl methyl sites for hydroxylation is 2. The number of morpholine rings is 1. The highest BCUT2D eigenvalue weighted by Gasteiger charge is 2.25. The van der Waals surface area contributed by atoms with E-state index in [1.165, 1.54) is 0 Å². The second-order valence-corrected chi connectivity index (χ2v) is 6.15. The van der Waals surface area contributed by atoms with Gasteiger partial charge >= 0.3 is 0 Å². The van der Waals surface area contributed by atoms with E-state index in [4.69, 9.17) is 4.74 Å². The maximum atomic E-state index is 12.7. The van der Waals surface area contributed by atoms with Crippen molar-refractivity contribution in [2.24, 2.45) is 0 Å². The van der Waals surface area contributed by atoms with Gasteiger partial charge in [0.1, 0.15) is 0 Å². The Kier molecular flexibility index (Phi) is 5.37. The molecule has 4 heteroatoms. The summed E-state index contributed by atoms with van der Waals surface area (Å²) in [5.74, 6) is 0.134. The molecule has 0 spiro atoms.